The highest BCUT2D eigenvalue weighted by Gasteiger charge is 2.38. The van der Waals surface area contributed by atoms with E-state index in [1.54, 1.807) is 0 Å². The van der Waals surface area contributed by atoms with Crippen molar-refractivity contribution in [2.45, 2.75) is 64.2 Å². The molecule has 0 fully saturated rings. The van der Waals surface area contributed by atoms with Crippen LogP contribution in [-0.4, -0.2) is 26.4 Å². The van der Waals surface area contributed by atoms with Gasteiger partial charge in [-0.15, -0.1) is 0 Å². The molecule has 0 saturated heterocycles. The van der Waals surface area contributed by atoms with Crippen molar-refractivity contribution in [3.63, 3.8) is 0 Å². The average molecular weight is 527 g/mol. The van der Waals surface area contributed by atoms with Crippen molar-refractivity contribution in [3.8, 4) is 11.5 Å². The number of hydrogen-bond donors (Lipinski definition) is 0. The summed E-state index contributed by atoms with van der Waals surface area (Å²) in [6.45, 7) is 11.6. The van der Waals surface area contributed by atoms with E-state index >= 15 is 0 Å². The van der Waals surface area contributed by atoms with Gasteiger partial charge in [-0.05, 0) is 63.5 Å². The Kier molecular flexibility index (Phi) is 10.3. The molecule has 3 nitrogen and oxygen atoms in total. The van der Waals surface area contributed by atoms with E-state index in [2.05, 4.69) is 125 Å². The predicted octanol–water partition coefficient (Wildman–Crippen LogP) is 8.76. The highest BCUT2D eigenvalue weighted by molar-refractivity contribution is 5.47. The Morgan fingerprint density at radius 2 is 1.05 bits per heavy atom. The van der Waals surface area contributed by atoms with Gasteiger partial charge in [0.05, 0.1) is 13.2 Å². The number of benzene rings is 2. The van der Waals surface area contributed by atoms with Crippen LogP contribution < -0.4 is 9.47 Å². The second-order valence-corrected chi connectivity index (χ2v) is 10.8. The van der Waals surface area contributed by atoms with Gasteiger partial charge >= 0.3 is 0 Å². The molecular weight excluding hydrogens is 480 g/mol. The largest absolute Gasteiger partial charge is 0.494 e. The lowest BCUT2D eigenvalue weighted by molar-refractivity contribution is 0.116. The SMILES string of the molecule is CCOc1ccccc1C1(CCCOCCCC2(c3ccccc3OCC)C=CC=CC2C)C=CC=CC1C. The highest BCUT2D eigenvalue weighted by atomic mass is 16.5. The van der Waals surface area contributed by atoms with Gasteiger partial charge in [-0.1, -0.05) is 98.9 Å². The number of hydrogen-bond acceptors (Lipinski definition) is 3. The zero-order chi connectivity index (χ0) is 27.6. The summed E-state index contributed by atoms with van der Waals surface area (Å²) in [5.74, 6) is 2.77. The lowest BCUT2D eigenvalue weighted by Gasteiger charge is -2.39. The molecule has 2 aromatic rings. The third-order valence-electron chi connectivity index (χ3n) is 8.57. The van der Waals surface area contributed by atoms with Crippen LogP contribution in [0.4, 0.5) is 0 Å². The molecule has 0 N–H and O–H groups in total. The summed E-state index contributed by atoms with van der Waals surface area (Å²) in [4.78, 5) is 0. The monoisotopic (exact) mass is 526 g/mol. The number of rotatable bonds is 14. The quantitative estimate of drug-likeness (QED) is 0.230. The fraction of sp³-hybridized carbons (Fsp3) is 0.444. The second-order valence-electron chi connectivity index (χ2n) is 10.8. The molecule has 0 heterocycles. The molecule has 4 atom stereocenters. The normalized spacial score (nSPS) is 25.6. The molecule has 2 aliphatic rings. The Morgan fingerprint density at radius 1 is 0.615 bits per heavy atom. The molecule has 3 heteroatoms. The van der Waals surface area contributed by atoms with Crippen LogP contribution in [0.15, 0.2) is 97.1 Å². The molecule has 208 valence electrons. The fourth-order valence-corrected chi connectivity index (χ4v) is 6.43. The standard InChI is InChI=1S/C36H46O3/c1-5-38-33-21-9-7-19-31(33)35(23-13-11-17-29(35)3)25-15-27-37-28-16-26-36(24-14-12-18-30(36)4)32-20-8-10-22-34(32)39-6-2/h7-14,17-24,29-30H,5-6,15-16,25-28H2,1-4H3. The van der Waals surface area contributed by atoms with Crippen molar-refractivity contribution in [2.75, 3.05) is 26.4 Å². The summed E-state index contributed by atoms with van der Waals surface area (Å²) in [5.41, 5.74) is 2.40. The van der Waals surface area contributed by atoms with Crippen molar-refractivity contribution in [2.24, 2.45) is 11.8 Å². The van der Waals surface area contributed by atoms with E-state index in [1.807, 2.05) is 0 Å². The fourth-order valence-electron chi connectivity index (χ4n) is 6.43. The van der Waals surface area contributed by atoms with E-state index in [-0.39, 0.29) is 10.8 Å². The van der Waals surface area contributed by atoms with Gasteiger partial charge in [-0.25, -0.2) is 0 Å². The number of allylic oxidation sites excluding steroid dienone is 8. The van der Waals surface area contributed by atoms with Crippen LogP contribution in [-0.2, 0) is 15.6 Å². The summed E-state index contributed by atoms with van der Waals surface area (Å²) in [5, 5.41) is 0. The van der Waals surface area contributed by atoms with Crippen LogP contribution in [0.2, 0.25) is 0 Å². The van der Waals surface area contributed by atoms with Crippen molar-refractivity contribution >= 4 is 0 Å². The Labute approximate surface area is 236 Å². The second kappa shape index (κ2) is 13.8. The Morgan fingerprint density at radius 3 is 1.46 bits per heavy atom. The van der Waals surface area contributed by atoms with Crippen molar-refractivity contribution in [1.82, 2.24) is 0 Å². The third kappa shape index (κ3) is 6.41. The van der Waals surface area contributed by atoms with Crippen molar-refractivity contribution in [1.29, 1.82) is 0 Å². The molecule has 39 heavy (non-hydrogen) atoms. The molecule has 0 bridgehead atoms. The third-order valence-corrected chi connectivity index (χ3v) is 8.57. The molecular formula is C36H46O3. The lowest BCUT2D eigenvalue weighted by Crippen LogP contribution is -2.33. The summed E-state index contributed by atoms with van der Waals surface area (Å²) >= 11 is 0. The van der Waals surface area contributed by atoms with Gasteiger partial charge in [-0.3, -0.25) is 0 Å². The molecule has 4 unspecified atom stereocenters. The first-order chi connectivity index (χ1) is 19.1. The van der Waals surface area contributed by atoms with E-state index in [4.69, 9.17) is 14.2 Å². The lowest BCUT2D eigenvalue weighted by atomic mass is 9.66. The summed E-state index contributed by atoms with van der Waals surface area (Å²) in [6, 6.07) is 17.1. The van der Waals surface area contributed by atoms with Crippen LogP contribution >= 0.6 is 0 Å². The van der Waals surface area contributed by atoms with Crippen LogP contribution in [0.3, 0.4) is 0 Å². The van der Waals surface area contributed by atoms with Crippen LogP contribution in [0.25, 0.3) is 0 Å². The number of ether oxygens (including phenoxy) is 3. The van der Waals surface area contributed by atoms with Gasteiger partial charge in [0.15, 0.2) is 0 Å². The first-order valence-electron chi connectivity index (χ1n) is 14.8. The molecule has 0 spiro atoms. The first-order valence-corrected chi connectivity index (χ1v) is 14.8. The Bertz CT molecular complexity index is 1080. The zero-order valence-corrected chi connectivity index (χ0v) is 24.3. The minimum Gasteiger partial charge on any atom is -0.494 e. The van der Waals surface area contributed by atoms with E-state index in [0.29, 0.717) is 25.0 Å². The smallest absolute Gasteiger partial charge is 0.123 e. The minimum absolute atomic E-state index is 0.0778. The maximum absolute atomic E-state index is 6.26. The summed E-state index contributed by atoms with van der Waals surface area (Å²) in [6.07, 6.45) is 22.1. The molecule has 0 amide bonds. The van der Waals surface area contributed by atoms with Gasteiger partial charge in [0, 0.05) is 35.2 Å². The Balaban J connectivity index is 1.37. The molecule has 0 radical (unpaired) electrons. The number of para-hydroxylation sites is 2. The molecule has 2 aromatic carbocycles. The van der Waals surface area contributed by atoms with Crippen molar-refractivity contribution < 1.29 is 14.2 Å². The average Bonchev–Trinajstić information content (AvgIpc) is 2.96. The zero-order valence-electron chi connectivity index (χ0n) is 24.3. The van der Waals surface area contributed by atoms with E-state index in [0.717, 1.165) is 50.4 Å². The van der Waals surface area contributed by atoms with Gasteiger partial charge < -0.3 is 14.2 Å². The molecule has 0 aromatic heterocycles. The molecule has 2 aliphatic carbocycles. The molecule has 0 saturated carbocycles. The summed E-state index contributed by atoms with van der Waals surface area (Å²) < 4.78 is 18.4. The first kappa shape index (κ1) is 29.0. The molecule has 4 rings (SSSR count). The van der Waals surface area contributed by atoms with Crippen molar-refractivity contribution in [3.05, 3.63) is 108 Å². The topological polar surface area (TPSA) is 27.7 Å². The minimum atomic E-state index is -0.0778. The highest BCUT2D eigenvalue weighted by Crippen LogP contribution is 2.46. The Hall–Kier alpha value is -3.04. The molecule has 0 aliphatic heterocycles. The van der Waals surface area contributed by atoms with Gasteiger partial charge in [0.2, 0.25) is 0 Å². The van der Waals surface area contributed by atoms with Crippen LogP contribution in [0.5, 0.6) is 11.5 Å². The van der Waals surface area contributed by atoms with Crippen LogP contribution in [0.1, 0.15) is 64.5 Å². The van der Waals surface area contributed by atoms with Gasteiger partial charge in [-0.2, -0.15) is 0 Å². The van der Waals surface area contributed by atoms with E-state index in [1.165, 1.54) is 11.1 Å². The maximum atomic E-state index is 6.26. The summed E-state index contributed by atoms with van der Waals surface area (Å²) in [7, 11) is 0. The maximum Gasteiger partial charge on any atom is 0.123 e. The van der Waals surface area contributed by atoms with E-state index in [9.17, 15) is 0 Å². The van der Waals surface area contributed by atoms with Gasteiger partial charge in [0.1, 0.15) is 11.5 Å². The van der Waals surface area contributed by atoms with Gasteiger partial charge in [0.25, 0.3) is 0 Å². The van der Waals surface area contributed by atoms with Crippen LogP contribution in [0, 0.1) is 11.8 Å². The predicted molar refractivity (Wildman–Crippen MR) is 163 cm³/mol. The van der Waals surface area contributed by atoms with E-state index < -0.39 is 0 Å².